The van der Waals surface area contributed by atoms with Gasteiger partial charge in [-0.1, -0.05) is 18.2 Å². The van der Waals surface area contributed by atoms with Crippen LogP contribution >= 0.6 is 0 Å². The van der Waals surface area contributed by atoms with E-state index in [1.54, 1.807) is 30.3 Å². The fraction of sp³-hybridized carbons (Fsp3) is 0.316. The maximum atomic E-state index is 13.4. The highest BCUT2D eigenvalue weighted by Gasteiger charge is 2.35. The van der Waals surface area contributed by atoms with E-state index in [0.29, 0.717) is 31.8 Å². The van der Waals surface area contributed by atoms with E-state index in [2.05, 4.69) is 5.32 Å². The van der Waals surface area contributed by atoms with Gasteiger partial charge in [0.2, 0.25) is 5.91 Å². The van der Waals surface area contributed by atoms with Crippen LogP contribution in [0.3, 0.4) is 0 Å². The van der Waals surface area contributed by atoms with E-state index >= 15 is 0 Å². The van der Waals surface area contributed by atoms with Crippen LogP contribution < -0.4 is 10.1 Å². The first-order chi connectivity index (χ1) is 12.4. The number of carbonyl (C=O) groups excluding carboxylic acids is 1. The van der Waals surface area contributed by atoms with Gasteiger partial charge in [0.15, 0.2) is 0 Å². The Labute approximate surface area is 148 Å². The van der Waals surface area contributed by atoms with Crippen LogP contribution in [0.15, 0.2) is 48.5 Å². The Hall–Kier alpha value is -2.54. The van der Waals surface area contributed by atoms with Gasteiger partial charge in [0.05, 0.1) is 11.3 Å². The van der Waals surface area contributed by atoms with Gasteiger partial charge in [-0.25, -0.2) is 0 Å². The highest BCUT2D eigenvalue weighted by molar-refractivity contribution is 5.93. The third-order valence-electron chi connectivity index (χ3n) is 4.13. The lowest BCUT2D eigenvalue weighted by Crippen LogP contribution is -2.29. The fourth-order valence-corrected chi connectivity index (χ4v) is 2.75. The van der Waals surface area contributed by atoms with Crippen molar-refractivity contribution >= 4 is 11.6 Å². The van der Waals surface area contributed by atoms with E-state index < -0.39 is 17.6 Å². The summed E-state index contributed by atoms with van der Waals surface area (Å²) >= 11 is 0. The molecule has 0 atom stereocenters. The van der Waals surface area contributed by atoms with Gasteiger partial charge in [0, 0.05) is 19.1 Å². The number of hydrogen-bond donors (Lipinski definition) is 1. The summed E-state index contributed by atoms with van der Waals surface area (Å²) < 4.78 is 50.9. The largest absolute Gasteiger partial charge is 0.457 e. The van der Waals surface area contributed by atoms with Crippen molar-refractivity contribution in [1.82, 2.24) is 0 Å². The SMILES string of the molecule is O=C(Nc1ccc(Oc2ccccc2)cc1C(F)(F)F)C1CCOCC1. The Morgan fingerprint density at radius 3 is 2.38 bits per heavy atom. The predicted octanol–water partition coefficient (Wildman–Crippen LogP) is 4.86. The molecule has 1 amide bonds. The van der Waals surface area contributed by atoms with E-state index in [9.17, 15) is 18.0 Å². The molecule has 0 saturated carbocycles. The van der Waals surface area contributed by atoms with E-state index in [-0.39, 0.29) is 17.4 Å². The maximum Gasteiger partial charge on any atom is 0.418 e. The van der Waals surface area contributed by atoms with Crippen LogP contribution in [-0.2, 0) is 15.7 Å². The first kappa shape index (κ1) is 18.3. The molecule has 1 N–H and O–H groups in total. The van der Waals surface area contributed by atoms with Gasteiger partial charge in [-0.15, -0.1) is 0 Å². The molecule has 0 spiro atoms. The minimum atomic E-state index is -4.62. The van der Waals surface area contributed by atoms with Crippen molar-refractivity contribution in [3.8, 4) is 11.5 Å². The molecule has 1 heterocycles. The number of hydrogen-bond acceptors (Lipinski definition) is 3. The van der Waals surface area contributed by atoms with Crippen LogP contribution in [0.1, 0.15) is 18.4 Å². The number of rotatable bonds is 4. The van der Waals surface area contributed by atoms with Gasteiger partial charge >= 0.3 is 6.18 Å². The Morgan fingerprint density at radius 2 is 1.73 bits per heavy atom. The van der Waals surface area contributed by atoms with Gasteiger partial charge in [0.25, 0.3) is 0 Å². The van der Waals surface area contributed by atoms with Gasteiger partial charge in [-0.2, -0.15) is 13.2 Å². The van der Waals surface area contributed by atoms with Crippen molar-refractivity contribution < 1.29 is 27.4 Å². The summed E-state index contributed by atoms with van der Waals surface area (Å²) in [5.41, 5.74) is -1.21. The molecule has 1 fully saturated rings. The molecule has 4 nitrogen and oxygen atoms in total. The molecular weight excluding hydrogens is 347 g/mol. The average molecular weight is 365 g/mol. The lowest BCUT2D eigenvalue weighted by atomic mass is 9.99. The number of benzene rings is 2. The number of ether oxygens (including phenoxy) is 2. The monoisotopic (exact) mass is 365 g/mol. The van der Waals surface area contributed by atoms with Crippen LogP contribution in [0, 0.1) is 5.92 Å². The Balaban J connectivity index is 1.81. The van der Waals surface area contributed by atoms with E-state index in [1.165, 1.54) is 12.1 Å². The average Bonchev–Trinajstić information content (AvgIpc) is 2.63. The number of para-hydroxylation sites is 1. The van der Waals surface area contributed by atoms with Crippen molar-refractivity contribution in [2.45, 2.75) is 19.0 Å². The van der Waals surface area contributed by atoms with E-state index in [4.69, 9.17) is 9.47 Å². The standard InChI is InChI=1S/C19H18F3NO3/c20-19(21,22)16-12-15(26-14-4-2-1-3-5-14)6-7-17(16)23-18(24)13-8-10-25-11-9-13/h1-7,12-13H,8-11H2,(H,23,24). The van der Waals surface area contributed by atoms with Crippen molar-refractivity contribution in [2.75, 3.05) is 18.5 Å². The molecular formula is C19H18F3NO3. The molecule has 0 radical (unpaired) electrons. The first-order valence-corrected chi connectivity index (χ1v) is 8.26. The number of halogens is 3. The van der Waals surface area contributed by atoms with Crippen molar-refractivity contribution in [3.63, 3.8) is 0 Å². The zero-order valence-corrected chi connectivity index (χ0v) is 13.9. The fourth-order valence-electron chi connectivity index (χ4n) is 2.75. The first-order valence-electron chi connectivity index (χ1n) is 8.26. The lowest BCUT2D eigenvalue weighted by Gasteiger charge is -2.22. The second-order valence-corrected chi connectivity index (χ2v) is 6.00. The summed E-state index contributed by atoms with van der Waals surface area (Å²) in [7, 11) is 0. The Kier molecular flexibility index (Phi) is 5.46. The predicted molar refractivity (Wildman–Crippen MR) is 90.1 cm³/mol. The summed E-state index contributed by atoms with van der Waals surface area (Å²) in [6.07, 6.45) is -3.61. The zero-order chi connectivity index (χ0) is 18.6. The van der Waals surface area contributed by atoms with Crippen LogP contribution in [0.5, 0.6) is 11.5 Å². The molecule has 1 saturated heterocycles. The molecule has 0 aliphatic carbocycles. The minimum absolute atomic E-state index is 0.0487. The quantitative estimate of drug-likeness (QED) is 0.841. The van der Waals surface area contributed by atoms with Crippen LogP contribution in [0.25, 0.3) is 0 Å². The maximum absolute atomic E-state index is 13.4. The summed E-state index contributed by atoms with van der Waals surface area (Å²) in [6.45, 7) is 0.877. The van der Waals surface area contributed by atoms with Crippen molar-refractivity contribution in [1.29, 1.82) is 0 Å². The molecule has 3 rings (SSSR count). The normalized spacial score (nSPS) is 15.5. The summed E-state index contributed by atoms with van der Waals surface area (Å²) in [6, 6.07) is 12.0. The molecule has 2 aromatic carbocycles. The lowest BCUT2D eigenvalue weighted by molar-refractivity contribution is -0.137. The van der Waals surface area contributed by atoms with Gasteiger partial charge < -0.3 is 14.8 Å². The number of carbonyl (C=O) groups is 1. The zero-order valence-electron chi connectivity index (χ0n) is 13.9. The van der Waals surface area contributed by atoms with Crippen LogP contribution in [-0.4, -0.2) is 19.1 Å². The molecule has 0 unspecified atom stereocenters. The van der Waals surface area contributed by atoms with E-state index in [1.807, 2.05) is 0 Å². The van der Waals surface area contributed by atoms with Gasteiger partial charge in [-0.3, -0.25) is 4.79 Å². The van der Waals surface area contributed by atoms with Crippen molar-refractivity contribution in [2.24, 2.45) is 5.92 Å². The molecule has 26 heavy (non-hydrogen) atoms. The van der Waals surface area contributed by atoms with Crippen LogP contribution in [0.4, 0.5) is 18.9 Å². The highest BCUT2D eigenvalue weighted by Crippen LogP contribution is 2.38. The number of nitrogens with one attached hydrogen (secondary N) is 1. The topological polar surface area (TPSA) is 47.6 Å². The Bertz CT molecular complexity index is 756. The molecule has 1 aliphatic rings. The Morgan fingerprint density at radius 1 is 1.04 bits per heavy atom. The van der Waals surface area contributed by atoms with E-state index in [0.717, 1.165) is 6.07 Å². The summed E-state index contributed by atoms with van der Waals surface area (Å²) in [5, 5.41) is 2.41. The molecule has 0 aromatic heterocycles. The number of amides is 1. The number of anilines is 1. The number of alkyl halides is 3. The molecule has 7 heteroatoms. The van der Waals surface area contributed by atoms with Crippen molar-refractivity contribution in [3.05, 3.63) is 54.1 Å². The third kappa shape index (κ3) is 4.54. The smallest absolute Gasteiger partial charge is 0.418 e. The van der Waals surface area contributed by atoms with Crippen LogP contribution in [0.2, 0.25) is 0 Å². The molecule has 0 bridgehead atoms. The molecule has 2 aromatic rings. The van der Waals surface area contributed by atoms with Gasteiger partial charge in [-0.05, 0) is 43.2 Å². The van der Waals surface area contributed by atoms with Gasteiger partial charge in [0.1, 0.15) is 11.5 Å². The highest BCUT2D eigenvalue weighted by atomic mass is 19.4. The third-order valence-corrected chi connectivity index (χ3v) is 4.13. The minimum Gasteiger partial charge on any atom is -0.457 e. The molecule has 138 valence electrons. The summed E-state index contributed by atoms with van der Waals surface area (Å²) in [5.74, 6) is -0.284. The second-order valence-electron chi connectivity index (χ2n) is 6.00. The molecule has 1 aliphatic heterocycles. The summed E-state index contributed by atoms with van der Waals surface area (Å²) in [4.78, 5) is 12.3. The second kappa shape index (κ2) is 7.78.